The highest BCUT2D eigenvalue weighted by molar-refractivity contribution is 5.00. The minimum absolute atomic E-state index is 0.477. The van der Waals surface area contributed by atoms with E-state index in [1.807, 2.05) is 0 Å². The molecule has 0 saturated carbocycles. The summed E-state index contributed by atoms with van der Waals surface area (Å²) < 4.78 is 7.37. The van der Waals surface area contributed by atoms with Crippen LogP contribution in [0.3, 0.4) is 0 Å². The van der Waals surface area contributed by atoms with Gasteiger partial charge in [-0.05, 0) is 18.9 Å². The zero-order chi connectivity index (χ0) is 9.10. The first kappa shape index (κ1) is 8.75. The molecule has 0 spiro atoms. The predicted octanol–water partition coefficient (Wildman–Crippen LogP) is 1.80. The van der Waals surface area contributed by atoms with Crippen LogP contribution >= 0.6 is 0 Å². The van der Waals surface area contributed by atoms with E-state index in [9.17, 15) is 0 Å². The number of hydrogen-bond donors (Lipinski definition) is 0. The largest absolute Gasteiger partial charge is 0.379 e. The van der Waals surface area contributed by atoms with E-state index < -0.39 is 0 Å². The second-order valence-corrected chi connectivity index (χ2v) is 3.55. The molecule has 1 aliphatic heterocycles. The molecule has 0 bridgehead atoms. The minimum Gasteiger partial charge on any atom is -0.379 e. The second-order valence-electron chi connectivity index (χ2n) is 3.55. The Morgan fingerprint density at radius 3 is 3.31 bits per heavy atom. The first-order chi connectivity index (χ1) is 6.40. The molecule has 1 unspecified atom stereocenters. The summed E-state index contributed by atoms with van der Waals surface area (Å²) in [4.78, 5) is 0. The highest BCUT2D eigenvalue weighted by atomic mass is 16.5. The lowest BCUT2D eigenvalue weighted by molar-refractivity contribution is 0.184. The lowest BCUT2D eigenvalue weighted by Gasteiger charge is -2.06. The SMILES string of the molecule is CCCc1ccn(C2CCOC2)n1. The van der Waals surface area contributed by atoms with Gasteiger partial charge in [-0.1, -0.05) is 13.3 Å². The molecule has 1 aliphatic rings. The van der Waals surface area contributed by atoms with Gasteiger partial charge >= 0.3 is 0 Å². The van der Waals surface area contributed by atoms with Crippen molar-refractivity contribution in [1.82, 2.24) is 9.78 Å². The van der Waals surface area contributed by atoms with Crippen molar-refractivity contribution >= 4 is 0 Å². The van der Waals surface area contributed by atoms with E-state index in [0.29, 0.717) is 6.04 Å². The summed E-state index contributed by atoms with van der Waals surface area (Å²) in [6.07, 6.45) is 5.43. The van der Waals surface area contributed by atoms with Gasteiger partial charge in [0.05, 0.1) is 18.3 Å². The smallest absolute Gasteiger partial charge is 0.0774 e. The van der Waals surface area contributed by atoms with Crippen LogP contribution in [-0.4, -0.2) is 23.0 Å². The van der Waals surface area contributed by atoms with Gasteiger partial charge in [-0.3, -0.25) is 4.68 Å². The van der Waals surface area contributed by atoms with Crippen molar-refractivity contribution in [3.05, 3.63) is 18.0 Å². The topological polar surface area (TPSA) is 27.1 Å². The summed E-state index contributed by atoms with van der Waals surface area (Å²) in [5, 5.41) is 4.52. The van der Waals surface area contributed by atoms with Gasteiger partial charge in [0.15, 0.2) is 0 Å². The van der Waals surface area contributed by atoms with E-state index >= 15 is 0 Å². The fraction of sp³-hybridized carbons (Fsp3) is 0.700. The molecule has 72 valence electrons. The number of nitrogens with zero attached hydrogens (tertiary/aromatic N) is 2. The van der Waals surface area contributed by atoms with Gasteiger partial charge in [-0.15, -0.1) is 0 Å². The summed E-state index contributed by atoms with van der Waals surface area (Å²) in [7, 11) is 0. The summed E-state index contributed by atoms with van der Waals surface area (Å²) >= 11 is 0. The summed E-state index contributed by atoms with van der Waals surface area (Å²) in [6.45, 7) is 3.89. The molecule has 1 atom stereocenters. The van der Waals surface area contributed by atoms with Crippen LogP contribution in [0.5, 0.6) is 0 Å². The molecule has 2 rings (SSSR count). The van der Waals surface area contributed by atoms with Crippen LogP contribution < -0.4 is 0 Å². The Bertz CT molecular complexity index is 264. The third kappa shape index (κ3) is 1.91. The van der Waals surface area contributed by atoms with Crippen LogP contribution in [0.15, 0.2) is 12.3 Å². The standard InChI is InChI=1S/C10H16N2O/c1-2-3-9-4-6-12(11-9)10-5-7-13-8-10/h4,6,10H,2-3,5,7-8H2,1H3. The van der Waals surface area contributed by atoms with E-state index in [0.717, 1.165) is 32.5 Å². The Morgan fingerprint density at radius 1 is 1.69 bits per heavy atom. The van der Waals surface area contributed by atoms with Crippen molar-refractivity contribution in [3.63, 3.8) is 0 Å². The fourth-order valence-electron chi connectivity index (χ4n) is 1.70. The number of rotatable bonds is 3. The molecule has 1 fully saturated rings. The molecule has 0 radical (unpaired) electrons. The molecule has 2 heterocycles. The quantitative estimate of drug-likeness (QED) is 0.709. The predicted molar refractivity (Wildman–Crippen MR) is 50.7 cm³/mol. The van der Waals surface area contributed by atoms with Crippen molar-refractivity contribution in [1.29, 1.82) is 0 Å². The van der Waals surface area contributed by atoms with E-state index in [1.54, 1.807) is 0 Å². The van der Waals surface area contributed by atoms with Crippen LogP contribution in [0.25, 0.3) is 0 Å². The molecule has 13 heavy (non-hydrogen) atoms. The molecule has 1 aromatic rings. The maximum Gasteiger partial charge on any atom is 0.0774 e. The molecule has 3 heteroatoms. The molecule has 3 nitrogen and oxygen atoms in total. The van der Waals surface area contributed by atoms with Gasteiger partial charge in [-0.2, -0.15) is 5.10 Å². The monoisotopic (exact) mass is 180 g/mol. The average molecular weight is 180 g/mol. The van der Waals surface area contributed by atoms with Crippen molar-refractivity contribution in [2.24, 2.45) is 0 Å². The van der Waals surface area contributed by atoms with Gasteiger partial charge in [0.1, 0.15) is 0 Å². The molecule has 0 amide bonds. The lowest BCUT2D eigenvalue weighted by atomic mass is 10.3. The van der Waals surface area contributed by atoms with Gasteiger partial charge in [0.25, 0.3) is 0 Å². The minimum atomic E-state index is 0.477. The maximum absolute atomic E-state index is 5.32. The van der Waals surface area contributed by atoms with Crippen molar-refractivity contribution in [3.8, 4) is 0 Å². The van der Waals surface area contributed by atoms with Gasteiger partial charge < -0.3 is 4.74 Å². The zero-order valence-electron chi connectivity index (χ0n) is 8.07. The summed E-state index contributed by atoms with van der Waals surface area (Å²) in [5.41, 5.74) is 1.20. The third-order valence-electron chi connectivity index (χ3n) is 2.45. The fourth-order valence-corrected chi connectivity index (χ4v) is 1.70. The Hall–Kier alpha value is -0.830. The summed E-state index contributed by atoms with van der Waals surface area (Å²) in [6, 6.07) is 2.59. The van der Waals surface area contributed by atoms with E-state index in [1.165, 1.54) is 5.69 Å². The highest BCUT2D eigenvalue weighted by Gasteiger charge is 2.17. The number of hydrogen-bond acceptors (Lipinski definition) is 2. The lowest BCUT2D eigenvalue weighted by Crippen LogP contribution is -2.09. The Labute approximate surface area is 78.7 Å². The summed E-state index contributed by atoms with van der Waals surface area (Å²) in [5.74, 6) is 0. The molecule has 0 aliphatic carbocycles. The number of ether oxygens (including phenoxy) is 1. The van der Waals surface area contributed by atoms with Gasteiger partial charge in [-0.25, -0.2) is 0 Å². The first-order valence-corrected chi connectivity index (χ1v) is 5.02. The van der Waals surface area contributed by atoms with Crippen molar-refractivity contribution < 1.29 is 4.74 Å². The molecular formula is C10H16N2O. The Kier molecular flexibility index (Phi) is 2.64. The van der Waals surface area contributed by atoms with Crippen molar-refractivity contribution in [2.45, 2.75) is 32.2 Å². The van der Waals surface area contributed by atoms with Crippen molar-refractivity contribution in [2.75, 3.05) is 13.2 Å². The molecule has 1 saturated heterocycles. The van der Waals surface area contributed by atoms with Crippen LogP contribution in [0, 0.1) is 0 Å². The van der Waals surface area contributed by atoms with Gasteiger partial charge in [0.2, 0.25) is 0 Å². The zero-order valence-corrected chi connectivity index (χ0v) is 8.07. The number of aryl methyl sites for hydroxylation is 1. The van der Waals surface area contributed by atoms with E-state index in [2.05, 4.69) is 29.0 Å². The first-order valence-electron chi connectivity index (χ1n) is 5.02. The third-order valence-corrected chi connectivity index (χ3v) is 2.45. The average Bonchev–Trinajstić information content (AvgIpc) is 2.70. The second kappa shape index (κ2) is 3.92. The van der Waals surface area contributed by atoms with Crippen LogP contribution in [0.1, 0.15) is 31.5 Å². The molecule has 1 aromatic heterocycles. The maximum atomic E-state index is 5.32. The number of aromatic nitrogens is 2. The van der Waals surface area contributed by atoms with Crippen LogP contribution in [-0.2, 0) is 11.2 Å². The van der Waals surface area contributed by atoms with E-state index in [4.69, 9.17) is 4.74 Å². The van der Waals surface area contributed by atoms with Gasteiger partial charge in [0, 0.05) is 12.8 Å². The Balaban J connectivity index is 2.03. The molecule has 0 N–H and O–H groups in total. The highest BCUT2D eigenvalue weighted by Crippen LogP contribution is 2.17. The van der Waals surface area contributed by atoms with Crippen LogP contribution in [0.2, 0.25) is 0 Å². The normalized spacial score (nSPS) is 22.4. The Morgan fingerprint density at radius 2 is 2.62 bits per heavy atom. The molecular weight excluding hydrogens is 164 g/mol. The van der Waals surface area contributed by atoms with E-state index in [-0.39, 0.29) is 0 Å². The van der Waals surface area contributed by atoms with Crippen LogP contribution in [0.4, 0.5) is 0 Å². The molecule has 0 aromatic carbocycles.